The van der Waals surface area contributed by atoms with E-state index in [0.29, 0.717) is 32.8 Å². The van der Waals surface area contributed by atoms with E-state index in [9.17, 15) is 0 Å². The van der Waals surface area contributed by atoms with Gasteiger partial charge in [0.2, 0.25) is 0 Å². The van der Waals surface area contributed by atoms with Crippen molar-refractivity contribution in [3.8, 4) is 22.5 Å². The molecule has 0 saturated heterocycles. The highest BCUT2D eigenvalue weighted by Gasteiger charge is 2.21. The molecule has 0 saturated carbocycles. The third-order valence-corrected chi connectivity index (χ3v) is 4.28. The van der Waals surface area contributed by atoms with Crippen LogP contribution in [0.5, 0.6) is 0 Å². The molecule has 0 bridgehead atoms. The van der Waals surface area contributed by atoms with Gasteiger partial charge in [-0.3, -0.25) is 0 Å². The van der Waals surface area contributed by atoms with E-state index < -0.39 is 0 Å². The molecule has 2 aromatic carbocycles. The van der Waals surface area contributed by atoms with Gasteiger partial charge in [0.1, 0.15) is 0 Å². The number of anilines is 1. The topological polar surface area (TPSA) is 52.0 Å². The molecule has 0 atom stereocenters. The predicted octanol–water partition coefficient (Wildman–Crippen LogP) is 5.66. The van der Waals surface area contributed by atoms with Gasteiger partial charge in [-0.2, -0.15) is 0 Å². The molecule has 0 fully saturated rings. The number of hydrogen-bond donors (Lipinski definition) is 1. The summed E-state index contributed by atoms with van der Waals surface area (Å²) in [7, 11) is 0. The van der Waals surface area contributed by atoms with E-state index in [0.717, 1.165) is 10.0 Å². The maximum atomic E-state index is 6.25. The fourth-order valence-corrected chi connectivity index (χ4v) is 3.06. The average molecular weight is 384 g/mol. The molecule has 106 valence electrons. The molecule has 6 heteroatoms. The average Bonchev–Trinajstić information content (AvgIpc) is 2.81. The van der Waals surface area contributed by atoms with Gasteiger partial charge in [-0.25, -0.2) is 0 Å². The van der Waals surface area contributed by atoms with Gasteiger partial charge in [0.25, 0.3) is 0 Å². The third-order valence-electron chi connectivity index (χ3n) is 3.04. The first-order valence-corrected chi connectivity index (χ1v) is 7.58. The maximum absolute atomic E-state index is 6.25. The Morgan fingerprint density at radius 2 is 1.81 bits per heavy atom. The molecule has 0 aliphatic heterocycles. The van der Waals surface area contributed by atoms with Crippen molar-refractivity contribution in [2.45, 2.75) is 0 Å². The van der Waals surface area contributed by atoms with Gasteiger partial charge in [0.05, 0.1) is 10.6 Å². The van der Waals surface area contributed by atoms with E-state index in [-0.39, 0.29) is 0 Å². The second kappa shape index (κ2) is 5.72. The summed E-state index contributed by atoms with van der Waals surface area (Å²) in [5.41, 5.74) is 8.24. The molecule has 0 spiro atoms. The molecule has 0 unspecified atom stereocenters. The first-order chi connectivity index (χ1) is 10.1. The quantitative estimate of drug-likeness (QED) is 0.621. The van der Waals surface area contributed by atoms with Crippen molar-refractivity contribution in [2.24, 2.45) is 0 Å². The van der Waals surface area contributed by atoms with Gasteiger partial charge in [0.15, 0.2) is 11.6 Å². The van der Waals surface area contributed by atoms with Crippen molar-refractivity contribution in [1.82, 2.24) is 5.16 Å². The van der Waals surface area contributed by atoms with E-state index in [2.05, 4.69) is 21.1 Å². The lowest BCUT2D eigenvalue weighted by Gasteiger charge is -2.06. The smallest absolute Gasteiger partial charge is 0.178 e. The largest absolute Gasteiger partial charge is 0.380 e. The summed E-state index contributed by atoms with van der Waals surface area (Å²) in [5.74, 6) is 0.823. The van der Waals surface area contributed by atoms with Crippen molar-refractivity contribution >= 4 is 44.9 Å². The van der Waals surface area contributed by atoms with E-state index in [1.807, 2.05) is 24.3 Å². The minimum absolute atomic E-state index is 0.308. The summed E-state index contributed by atoms with van der Waals surface area (Å²) in [6, 6.07) is 12.9. The lowest BCUT2D eigenvalue weighted by Crippen LogP contribution is -1.90. The van der Waals surface area contributed by atoms with Crippen molar-refractivity contribution in [2.75, 3.05) is 5.73 Å². The number of hydrogen-bond acceptors (Lipinski definition) is 3. The Morgan fingerprint density at radius 3 is 2.52 bits per heavy atom. The van der Waals surface area contributed by atoms with Crippen LogP contribution in [0.3, 0.4) is 0 Å². The van der Waals surface area contributed by atoms with E-state index in [1.165, 1.54) is 0 Å². The molecular weight excluding hydrogens is 375 g/mol. The fraction of sp³-hybridized carbons (Fsp3) is 0. The van der Waals surface area contributed by atoms with Gasteiger partial charge in [-0.15, -0.1) is 0 Å². The van der Waals surface area contributed by atoms with Gasteiger partial charge in [0, 0.05) is 20.6 Å². The molecule has 1 aromatic heterocycles. The van der Waals surface area contributed by atoms with Crippen LogP contribution in [0, 0.1) is 0 Å². The minimum atomic E-state index is 0.308. The van der Waals surface area contributed by atoms with Crippen LogP contribution in [0.25, 0.3) is 22.5 Å². The highest BCUT2D eigenvalue weighted by molar-refractivity contribution is 9.10. The van der Waals surface area contributed by atoms with E-state index in [4.69, 9.17) is 33.5 Å². The van der Waals surface area contributed by atoms with Crippen molar-refractivity contribution < 1.29 is 4.52 Å². The van der Waals surface area contributed by atoms with Crippen molar-refractivity contribution in [3.05, 3.63) is 57.0 Å². The Kier molecular flexibility index (Phi) is 3.93. The molecule has 2 N–H and O–H groups in total. The number of nitrogens with zero attached hydrogens (tertiary/aromatic N) is 1. The molecule has 0 aliphatic carbocycles. The molecule has 0 amide bonds. The van der Waals surface area contributed by atoms with Crippen LogP contribution in [-0.4, -0.2) is 5.16 Å². The van der Waals surface area contributed by atoms with Gasteiger partial charge in [-0.05, 0) is 24.3 Å². The van der Waals surface area contributed by atoms with Crippen LogP contribution in [0.4, 0.5) is 5.82 Å². The summed E-state index contributed by atoms with van der Waals surface area (Å²) >= 11 is 15.7. The summed E-state index contributed by atoms with van der Waals surface area (Å²) in [6.07, 6.45) is 0. The second-order valence-corrected chi connectivity index (χ2v) is 6.07. The standard InChI is InChI=1S/C15H9BrCl2N2O/c16-11-4-2-1-3-9(11)13-14(21-20-15(13)19)10-6-5-8(17)7-12(10)18/h1-7H,(H2,19,20). The first kappa shape index (κ1) is 14.4. The number of nitrogens with two attached hydrogens (primary N) is 1. The molecule has 3 nitrogen and oxygen atoms in total. The van der Waals surface area contributed by atoms with Crippen LogP contribution < -0.4 is 5.73 Å². The summed E-state index contributed by atoms with van der Waals surface area (Å²) in [4.78, 5) is 0. The maximum Gasteiger partial charge on any atom is 0.178 e. The zero-order valence-corrected chi connectivity index (χ0v) is 13.7. The van der Waals surface area contributed by atoms with E-state index in [1.54, 1.807) is 18.2 Å². The van der Waals surface area contributed by atoms with Gasteiger partial charge >= 0.3 is 0 Å². The number of aromatic nitrogens is 1. The SMILES string of the molecule is Nc1noc(-c2ccc(Cl)cc2Cl)c1-c1ccccc1Br. The number of halogens is 3. The van der Waals surface area contributed by atoms with Crippen molar-refractivity contribution in [1.29, 1.82) is 0 Å². The number of rotatable bonds is 2. The number of nitrogen functional groups attached to an aromatic ring is 1. The Labute approximate surface area is 139 Å². The zero-order chi connectivity index (χ0) is 15.0. The monoisotopic (exact) mass is 382 g/mol. The summed E-state index contributed by atoms with van der Waals surface area (Å²) in [6.45, 7) is 0. The Hall–Kier alpha value is -1.49. The molecule has 1 heterocycles. The highest BCUT2D eigenvalue weighted by Crippen LogP contribution is 2.42. The van der Waals surface area contributed by atoms with Crippen LogP contribution in [0.2, 0.25) is 10.0 Å². The summed E-state index contributed by atoms with van der Waals surface area (Å²) < 4.78 is 6.28. The lowest BCUT2D eigenvalue weighted by molar-refractivity contribution is 0.436. The number of benzene rings is 2. The van der Waals surface area contributed by atoms with Crippen LogP contribution >= 0.6 is 39.1 Å². The molecule has 3 aromatic rings. The minimum Gasteiger partial charge on any atom is -0.380 e. The van der Waals surface area contributed by atoms with Crippen LogP contribution in [0.15, 0.2) is 51.5 Å². The Balaban J connectivity index is 2.25. The zero-order valence-electron chi connectivity index (χ0n) is 10.6. The molecule has 0 aliphatic rings. The van der Waals surface area contributed by atoms with Gasteiger partial charge < -0.3 is 10.3 Å². The molecule has 3 rings (SSSR count). The fourth-order valence-electron chi connectivity index (χ4n) is 2.08. The molecule has 0 radical (unpaired) electrons. The lowest BCUT2D eigenvalue weighted by atomic mass is 10.0. The van der Waals surface area contributed by atoms with E-state index >= 15 is 0 Å². The Bertz CT molecular complexity index is 817. The molecule has 21 heavy (non-hydrogen) atoms. The van der Waals surface area contributed by atoms with Crippen LogP contribution in [-0.2, 0) is 0 Å². The Morgan fingerprint density at radius 1 is 1.05 bits per heavy atom. The molecular formula is C15H9BrCl2N2O. The van der Waals surface area contributed by atoms with Crippen molar-refractivity contribution in [3.63, 3.8) is 0 Å². The highest BCUT2D eigenvalue weighted by atomic mass is 79.9. The predicted molar refractivity (Wildman–Crippen MR) is 89.5 cm³/mol. The third kappa shape index (κ3) is 2.67. The van der Waals surface area contributed by atoms with Gasteiger partial charge in [-0.1, -0.05) is 62.5 Å². The van der Waals surface area contributed by atoms with Crippen LogP contribution in [0.1, 0.15) is 0 Å². The normalized spacial score (nSPS) is 10.8. The first-order valence-electron chi connectivity index (χ1n) is 6.03. The summed E-state index contributed by atoms with van der Waals surface area (Å²) in [5, 5.41) is 4.90. The second-order valence-electron chi connectivity index (χ2n) is 4.38.